The lowest BCUT2D eigenvalue weighted by atomic mass is 10.1. The van der Waals surface area contributed by atoms with Crippen LogP contribution in [0.25, 0.3) is 10.9 Å². The fraction of sp³-hybridized carbons (Fsp3) is 0.286. The van der Waals surface area contributed by atoms with Gasteiger partial charge in [0.15, 0.2) is 0 Å². The Morgan fingerprint density at radius 3 is 2.63 bits per heavy atom. The Hall–Kier alpha value is -2.99. The summed E-state index contributed by atoms with van der Waals surface area (Å²) in [4.78, 5) is 6.64. The van der Waals surface area contributed by atoms with Crippen molar-refractivity contribution in [1.29, 1.82) is 0 Å². The minimum atomic E-state index is 0.304. The van der Waals surface area contributed by atoms with E-state index in [1.54, 1.807) is 25.4 Å². The van der Waals surface area contributed by atoms with Crippen LogP contribution < -0.4 is 15.8 Å². The van der Waals surface area contributed by atoms with Gasteiger partial charge >= 0.3 is 0 Å². The second-order valence-corrected chi connectivity index (χ2v) is 6.40. The highest BCUT2D eigenvalue weighted by Gasteiger charge is 2.10. The summed E-state index contributed by atoms with van der Waals surface area (Å²) in [5.74, 6) is 0.988. The second-order valence-electron chi connectivity index (χ2n) is 6.40. The molecule has 3 rings (SSSR count). The molecule has 3 aromatic rings. The minimum Gasteiger partial charge on any atom is -0.508 e. The molecule has 0 unspecified atom stereocenters. The van der Waals surface area contributed by atoms with Gasteiger partial charge in [0.25, 0.3) is 0 Å². The number of methoxy groups -OCH3 is 1. The van der Waals surface area contributed by atoms with Crippen molar-refractivity contribution >= 4 is 28.0 Å². The Morgan fingerprint density at radius 2 is 1.93 bits per heavy atom. The second kappa shape index (κ2) is 8.14. The molecule has 0 radical (unpaired) electrons. The van der Waals surface area contributed by atoms with Gasteiger partial charge in [0, 0.05) is 41.1 Å². The van der Waals surface area contributed by atoms with Gasteiger partial charge in [-0.15, -0.1) is 0 Å². The number of aromatic hydroxyl groups is 1. The highest BCUT2D eigenvalue weighted by atomic mass is 16.5. The van der Waals surface area contributed by atoms with Crippen molar-refractivity contribution in [2.24, 2.45) is 0 Å². The summed E-state index contributed by atoms with van der Waals surface area (Å²) < 4.78 is 5.34. The third-order valence-electron chi connectivity index (χ3n) is 4.73. The first kappa shape index (κ1) is 18.8. The summed E-state index contributed by atoms with van der Waals surface area (Å²) in [6.45, 7) is 6.79. The van der Waals surface area contributed by atoms with Crippen LogP contribution in [0.4, 0.5) is 17.1 Å². The van der Waals surface area contributed by atoms with Crippen LogP contribution in [-0.2, 0) is 6.54 Å². The van der Waals surface area contributed by atoms with Crippen LogP contribution in [0.3, 0.4) is 0 Å². The Bertz CT molecular complexity index is 939. The SMILES string of the molecule is CCN(CC)Cc1cc(Nc2ccnc3c(N)cc(OC)cc23)ccc1O. The van der Waals surface area contributed by atoms with E-state index in [0.29, 0.717) is 23.7 Å². The number of hydrogen-bond acceptors (Lipinski definition) is 6. The zero-order valence-electron chi connectivity index (χ0n) is 16.0. The van der Waals surface area contributed by atoms with Crippen LogP contribution in [0.2, 0.25) is 0 Å². The maximum Gasteiger partial charge on any atom is 0.121 e. The van der Waals surface area contributed by atoms with Crippen molar-refractivity contribution < 1.29 is 9.84 Å². The number of ether oxygens (including phenoxy) is 1. The smallest absolute Gasteiger partial charge is 0.121 e. The number of pyridine rings is 1. The lowest BCUT2D eigenvalue weighted by molar-refractivity contribution is 0.291. The number of nitrogens with one attached hydrogen (secondary N) is 1. The highest BCUT2D eigenvalue weighted by Crippen LogP contribution is 2.33. The summed E-state index contributed by atoms with van der Waals surface area (Å²) >= 11 is 0. The fourth-order valence-corrected chi connectivity index (χ4v) is 3.12. The van der Waals surface area contributed by atoms with Crippen LogP contribution >= 0.6 is 0 Å². The van der Waals surface area contributed by atoms with E-state index in [1.165, 1.54) is 0 Å². The quantitative estimate of drug-likeness (QED) is 0.431. The van der Waals surface area contributed by atoms with Crippen molar-refractivity contribution in [3.8, 4) is 11.5 Å². The molecule has 0 amide bonds. The number of rotatable bonds is 7. The van der Waals surface area contributed by atoms with Gasteiger partial charge in [-0.05, 0) is 43.4 Å². The molecule has 142 valence electrons. The van der Waals surface area contributed by atoms with E-state index in [0.717, 1.165) is 40.9 Å². The zero-order chi connectivity index (χ0) is 19.4. The summed E-state index contributed by atoms with van der Waals surface area (Å²) in [6, 6.07) is 11.1. The zero-order valence-corrected chi connectivity index (χ0v) is 16.0. The van der Waals surface area contributed by atoms with Crippen molar-refractivity contribution in [1.82, 2.24) is 9.88 Å². The average molecular weight is 366 g/mol. The van der Waals surface area contributed by atoms with Gasteiger partial charge < -0.3 is 20.9 Å². The van der Waals surface area contributed by atoms with E-state index < -0.39 is 0 Å². The van der Waals surface area contributed by atoms with Crippen LogP contribution in [0.15, 0.2) is 42.6 Å². The molecule has 0 bridgehead atoms. The van der Waals surface area contributed by atoms with Gasteiger partial charge in [0.2, 0.25) is 0 Å². The maximum absolute atomic E-state index is 10.2. The van der Waals surface area contributed by atoms with Gasteiger partial charge in [0.1, 0.15) is 11.5 Å². The van der Waals surface area contributed by atoms with Gasteiger partial charge in [-0.3, -0.25) is 9.88 Å². The molecule has 0 fully saturated rings. The lowest BCUT2D eigenvalue weighted by Gasteiger charge is -2.19. The number of nitrogens with zero attached hydrogens (tertiary/aromatic N) is 2. The fourth-order valence-electron chi connectivity index (χ4n) is 3.12. The minimum absolute atomic E-state index is 0.304. The monoisotopic (exact) mass is 366 g/mol. The number of aromatic nitrogens is 1. The molecular formula is C21H26N4O2. The Balaban J connectivity index is 1.97. The van der Waals surface area contributed by atoms with Crippen molar-refractivity contribution in [2.45, 2.75) is 20.4 Å². The summed E-state index contributed by atoms with van der Waals surface area (Å²) in [5.41, 5.74) is 10.1. The number of hydrogen-bond donors (Lipinski definition) is 3. The van der Waals surface area contributed by atoms with Crippen molar-refractivity contribution in [3.05, 3.63) is 48.2 Å². The van der Waals surface area contributed by atoms with Crippen LogP contribution in [0.5, 0.6) is 11.5 Å². The molecule has 6 nitrogen and oxygen atoms in total. The summed E-state index contributed by atoms with van der Waals surface area (Å²) in [6.07, 6.45) is 1.73. The van der Waals surface area contributed by atoms with E-state index in [4.69, 9.17) is 10.5 Å². The summed E-state index contributed by atoms with van der Waals surface area (Å²) in [7, 11) is 1.61. The van der Waals surface area contributed by atoms with Crippen LogP contribution in [0.1, 0.15) is 19.4 Å². The molecule has 0 atom stereocenters. The number of nitrogen functional groups attached to an aromatic ring is 1. The van der Waals surface area contributed by atoms with Crippen LogP contribution in [0, 0.1) is 0 Å². The van der Waals surface area contributed by atoms with E-state index in [9.17, 15) is 5.11 Å². The first-order valence-corrected chi connectivity index (χ1v) is 9.09. The maximum atomic E-state index is 10.2. The lowest BCUT2D eigenvalue weighted by Crippen LogP contribution is -2.22. The van der Waals surface area contributed by atoms with Gasteiger partial charge in [-0.25, -0.2) is 0 Å². The largest absolute Gasteiger partial charge is 0.508 e. The standard InChI is InChI=1S/C21H26N4O2/c1-4-25(5-2)13-14-10-15(6-7-20(14)26)24-19-8-9-23-21-17(19)11-16(27-3)12-18(21)22/h6-12,26H,4-5,13,22H2,1-3H3,(H,23,24). The number of anilines is 3. The average Bonchev–Trinajstić information content (AvgIpc) is 2.68. The molecule has 1 aromatic heterocycles. The molecule has 0 aliphatic carbocycles. The molecule has 1 heterocycles. The predicted octanol–water partition coefficient (Wildman–Crippen LogP) is 4.12. The molecule has 27 heavy (non-hydrogen) atoms. The van der Waals surface area contributed by atoms with E-state index >= 15 is 0 Å². The number of fused-ring (bicyclic) bond motifs is 1. The van der Waals surface area contributed by atoms with E-state index in [2.05, 4.69) is 29.0 Å². The van der Waals surface area contributed by atoms with E-state index in [-0.39, 0.29) is 0 Å². The third kappa shape index (κ3) is 4.06. The molecular weight excluding hydrogens is 340 g/mol. The molecule has 0 saturated heterocycles. The van der Waals surface area contributed by atoms with E-state index in [1.807, 2.05) is 24.3 Å². The Labute approximate surface area is 159 Å². The van der Waals surface area contributed by atoms with Gasteiger partial charge in [-0.2, -0.15) is 0 Å². The van der Waals surface area contributed by atoms with Crippen LogP contribution in [-0.4, -0.2) is 35.2 Å². The van der Waals surface area contributed by atoms with Gasteiger partial charge in [0.05, 0.1) is 18.3 Å². The number of phenols is 1. The van der Waals surface area contributed by atoms with Crippen molar-refractivity contribution in [3.63, 3.8) is 0 Å². The number of nitrogens with two attached hydrogens (primary N) is 1. The predicted molar refractivity (Wildman–Crippen MR) is 111 cm³/mol. The first-order chi connectivity index (χ1) is 13.0. The number of phenolic OH excluding ortho intramolecular Hbond substituents is 1. The molecule has 2 aromatic carbocycles. The molecule has 4 N–H and O–H groups in total. The first-order valence-electron chi connectivity index (χ1n) is 9.09. The van der Waals surface area contributed by atoms with Gasteiger partial charge in [-0.1, -0.05) is 13.8 Å². The topological polar surface area (TPSA) is 83.6 Å². The third-order valence-corrected chi connectivity index (χ3v) is 4.73. The molecule has 0 spiro atoms. The molecule has 0 aliphatic heterocycles. The normalized spacial score (nSPS) is 11.1. The molecule has 6 heteroatoms. The Kier molecular flexibility index (Phi) is 5.66. The van der Waals surface area contributed by atoms with Crippen molar-refractivity contribution in [2.75, 3.05) is 31.2 Å². The molecule has 0 aliphatic rings. The highest BCUT2D eigenvalue weighted by molar-refractivity contribution is 6.00. The molecule has 0 saturated carbocycles. The Morgan fingerprint density at radius 1 is 1.15 bits per heavy atom. The summed E-state index contributed by atoms with van der Waals surface area (Å²) in [5, 5.41) is 14.5. The number of benzene rings is 2.